The van der Waals surface area contributed by atoms with Crippen molar-refractivity contribution in [3.63, 3.8) is 0 Å². The first kappa shape index (κ1) is 14.4. The number of aromatic nitrogens is 3. The van der Waals surface area contributed by atoms with E-state index in [1.807, 2.05) is 6.92 Å². The van der Waals surface area contributed by atoms with Gasteiger partial charge in [-0.25, -0.2) is 4.98 Å². The Kier molecular flexibility index (Phi) is 5.05. The number of rotatable bonds is 6. The average molecular weight is 340 g/mol. The summed E-state index contributed by atoms with van der Waals surface area (Å²) in [6.45, 7) is 3.05. The number of pyridine rings is 1. The van der Waals surface area contributed by atoms with E-state index in [-0.39, 0.29) is 5.91 Å². The number of anilines is 1. The van der Waals surface area contributed by atoms with Crippen LogP contribution in [0.1, 0.15) is 23.2 Å². The predicted molar refractivity (Wildman–Crippen MR) is 76.4 cm³/mol. The standard InChI is InChI=1S/C12H14BrN5O2/c1-2-14-11-9(5-8(13)6-16-11)12(19)15-4-3-10-17-7-18-20-10/h5-7H,2-4H2,1H3,(H,14,16)(H,15,19). The highest BCUT2D eigenvalue weighted by Gasteiger charge is 2.13. The van der Waals surface area contributed by atoms with Gasteiger partial charge in [0, 0.05) is 30.2 Å². The van der Waals surface area contributed by atoms with E-state index in [4.69, 9.17) is 4.52 Å². The molecule has 0 saturated heterocycles. The van der Waals surface area contributed by atoms with E-state index in [1.165, 1.54) is 6.33 Å². The van der Waals surface area contributed by atoms with Crippen LogP contribution in [-0.4, -0.2) is 34.1 Å². The lowest BCUT2D eigenvalue weighted by Crippen LogP contribution is -2.27. The molecule has 0 aliphatic carbocycles. The molecular formula is C12H14BrN5O2. The van der Waals surface area contributed by atoms with Crippen molar-refractivity contribution in [2.24, 2.45) is 0 Å². The molecule has 2 rings (SSSR count). The number of hydrogen-bond donors (Lipinski definition) is 2. The van der Waals surface area contributed by atoms with Crippen LogP contribution in [-0.2, 0) is 6.42 Å². The molecule has 0 aromatic carbocycles. The number of amides is 1. The monoisotopic (exact) mass is 339 g/mol. The smallest absolute Gasteiger partial charge is 0.255 e. The maximum atomic E-state index is 12.1. The maximum Gasteiger partial charge on any atom is 0.255 e. The van der Waals surface area contributed by atoms with Gasteiger partial charge < -0.3 is 15.2 Å². The van der Waals surface area contributed by atoms with Gasteiger partial charge in [-0.1, -0.05) is 5.16 Å². The van der Waals surface area contributed by atoms with Gasteiger partial charge in [0.25, 0.3) is 5.91 Å². The molecule has 0 aliphatic heterocycles. The Morgan fingerprint density at radius 3 is 3.00 bits per heavy atom. The molecule has 0 spiro atoms. The van der Waals surface area contributed by atoms with Gasteiger partial charge in [0.05, 0.1) is 5.56 Å². The van der Waals surface area contributed by atoms with Crippen molar-refractivity contribution in [3.05, 3.63) is 34.5 Å². The zero-order valence-electron chi connectivity index (χ0n) is 10.9. The predicted octanol–water partition coefficient (Wildman–Crippen LogP) is 1.63. The van der Waals surface area contributed by atoms with Gasteiger partial charge in [-0.05, 0) is 28.9 Å². The van der Waals surface area contributed by atoms with E-state index in [2.05, 4.69) is 41.7 Å². The van der Waals surface area contributed by atoms with Crippen molar-refractivity contribution in [2.45, 2.75) is 13.3 Å². The third-order valence-corrected chi connectivity index (χ3v) is 2.91. The second-order valence-electron chi connectivity index (χ2n) is 3.92. The molecule has 2 aromatic rings. The summed E-state index contributed by atoms with van der Waals surface area (Å²) in [6, 6.07) is 1.73. The van der Waals surface area contributed by atoms with Crippen molar-refractivity contribution in [2.75, 3.05) is 18.4 Å². The number of carbonyl (C=O) groups excluding carboxylic acids is 1. The van der Waals surface area contributed by atoms with Crippen molar-refractivity contribution in [1.29, 1.82) is 0 Å². The summed E-state index contributed by atoms with van der Waals surface area (Å²) in [7, 11) is 0. The Bertz CT molecular complexity index is 573. The van der Waals surface area contributed by atoms with E-state index in [9.17, 15) is 4.79 Å². The molecule has 2 heterocycles. The minimum atomic E-state index is -0.200. The summed E-state index contributed by atoms with van der Waals surface area (Å²) in [6.07, 6.45) is 3.47. The van der Waals surface area contributed by atoms with E-state index < -0.39 is 0 Å². The molecule has 2 aromatic heterocycles. The lowest BCUT2D eigenvalue weighted by Gasteiger charge is -2.10. The Morgan fingerprint density at radius 2 is 2.30 bits per heavy atom. The van der Waals surface area contributed by atoms with E-state index in [1.54, 1.807) is 12.3 Å². The molecule has 0 fully saturated rings. The number of carbonyl (C=O) groups is 1. The molecule has 8 heteroatoms. The molecule has 1 amide bonds. The summed E-state index contributed by atoms with van der Waals surface area (Å²) >= 11 is 3.31. The average Bonchev–Trinajstić information content (AvgIpc) is 2.94. The number of hydrogen-bond acceptors (Lipinski definition) is 6. The summed E-state index contributed by atoms with van der Waals surface area (Å²) in [4.78, 5) is 20.2. The highest BCUT2D eigenvalue weighted by molar-refractivity contribution is 9.10. The molecule has 2 N–H and O–H groups in total. The van der Waals surface area contributed by atoms with Gasteiger partial charge in [-0.2, -0.15) is 4.98 Å². The van der Waals surface area contributed by atoms with Crippen molar-refractivity contribution >= 4 is 27.7 Å². The Labute approximate surface area is 124 Å². The van der Waals surface area contributed by atoms with Crippen molar-refractivity contribution in [3.8, 4) is 0 Å². The third-order valence-electron chi connectivity index (χ3n) is 2.47. The second kappa shape index (κ2) is 6.99. The van der Waals surface area contributed by atoms with Crippen LogP contribution >= 0.6 is 15.9 Å². The Morgan fingerprint density at radius 1 is 1.45 bits per heavy atom. The van der Waals surface area contributed by atoms with Gasteiger partial charge >= 0.3 is 0 Å². The van der Waals surface area contributed by atoms with Crippen LogP contribution in [0, 0.1) is 0 Å². The Balaban J connectivity index is 1.99. The van der Waals surface area contributed by atoms with E-state index >= 15 is 0 Å². The summed E-state index contributed by atoms with van der Waals surface area (Å²) in [5.74, 6) is 0.852. The second-order valence-corrected chi connectivity index (χ2v) is 4.84. The molecule has 0 aliphatic rings. The fourth-order valence-electron chi connectivity index (χ4n) is 1.60. The lowest BCUT2D eigenvalue weighted by molar-refractivity contribution is 0.0954. The van der Waals surface area contributed by atoms with E-state index in [0.29, 0.717) is 36.8 Å². The summed E-state index contributed by atoms with van der Waals surface area (Å²) < 4.78 is 5.61. The van der Waals surface area contributed by atoms with Gasteiger partial charge in [-0.3, -0.25) is 4.79 Å². The van der Waals surface area contributed by atoms with Crippen molar-refractivity contribution in [1.82, 2.24) is 20.4 Å². The fraction of sp³-hybridized carbons (Fsp3) is 0.333. The highest BCUT2D eigenvalue weighted by Crippen LogP contribution is 2.17. The molecule has 0 atom stereocenters. The minimum Gasteiger partial charge on any atom is -0.370 e. The van der Waals surface area contributed by atoms with Crippen LogP contribution < -0.4 is 10.6 Å². The summed E-state index contributed by atoms with van der Waals surface area (Å²) in [5.41, 5.74) is 0.492. The largest absolute Gasteiger partial charge is 0.370 e. The normalized spacial score (nSPS) is 10.3. The number of halogens is 1. The fourth-order valence-corrected chi connectivity index (χ4v) is 1.94. The van der Waals surface area contributed by atoms with E-state index in [0.717, 1.165) is 4.47 Å². The van der Waals surface area contributed by atoms with Gasteiger partial charge in [0.2, 0.25) is 5.89 Å². The van der Waals surface area contributed by atoms with Crippen LogP contribution in [0.25, 0.3) is 0 Å². The molecule has 0 saturated carbocycles. The van der Waals surface area contributed by atoms with Gasteiger partial charge in [0.1, 0.15) is 5.82 Å². The zero-order valence-corrected chi connectivity index (χ0v) is 12.5. The molecule has 20 heavy (non-hydrogen) atoms. The van der Waals surface area contributed by atoms with Crippen LogP contribution in [0.3, 0.4) is 0 Å². The minimum absolute atomic E-state index is 0.200. The zero-order chi connectivity index (χ0) is 14.4. The quantitative estimate of drug-likeness (QED) is 0.830. The van der Waals surface area contributed by atoms with Crippen LogP contribution in [0.4, 0.5) is 5.82 Å². The summed E-state index contributed by atoms with van der Waals surface area (Å²) in [5, 5.41) is 9.35. The first-order chi connectivity index (χ1) is 9.70. The maximum absolute atomic E-state index is 12.1. The number of nitrogens with zero attached hydrogens (tertiary/aromatic N) is 3. The molecular weight excluding hydrogens is 326 g/mol. The van der Waals surface area contributed by atoms with Crippen LogP contribution in [0.5, 0.6) is 0 Å². The highest BCUT2D eigenvalue weighted by atomic mass is 79.9. The molecule has 0 bridgehead atoms. The number of nitrogens with one attached hydrogen (secondary N) is 2. The SMILES string of the molecule is CCNc1ncc(Br)cc1C(=O)NCCc1ncno1. The molecule has 7 nitrogen and oxygen atoms in total. The van der Waals surface area contributed by atoms with Crippen LogP contribution in [0.15, 0.2) is 27.6 Å². The Hall–Kier alpha value is -1.96. The molecule has 0 radical (unpaired) electrons. The molecule has 0 unspecified atom stereocenters. The lowest BCUT2D eigenvalue weighted by atomic mass is 10.2. The van der Waals surface area contributed by atoms with Gasteiger partial charge in [-0.15, -0.1) is 0 Å². The van der Waals surface area contributed by atoms with Gasteiger partial charge in [0.15, 0.2) is 6.33 Å². The topological polar surface area (TPSA) is 92.9 Å². The molecule has 106 valence electrons. The van der Waals surface area contributed by atoms with Crippen LogP contribution in [0.2, 0.25) is 0 Å². The first-order valence-corrected chi connectivity index (χ1v) is 6.93. The third kappa shape index (κ3) is 3.77. The first-order valence-electron chi connectivity index (χ1n) is 6.14. The van der Waals surface area contributed by atoms with Crippen molar-refractivity contribution < 1.29 is 9.32 Å².